The number of nitrogens with one attached hydrogen (secondary N) is 2. The fourth-order valence-electron chi connectivity index (χ4n) is 3.85. The summed E-state index contributed by atoms with van der Waals surface area (Å²) in [5.41, 5.74) is 2.93. The molecule has 0 aliphatic heterocycles. The average molecular weight is 474 g/mol. The van der Waals surface area contributed by atoms with Crippen LogP contribution in [0.5, 0.6) is 11.5 Å². The van der Waals surface area contributed by atoms with Crippen molar-refractivity contribution in [3.8, 4) is 11.5 Å². The van der Waals surface area contributed by atoms with Gasteiger partial charge in [-0.2, -0.15) is 0 Å². The monoisotopic (exact) mass is 473 g/mol. The first-order valence-corrected chi connectivity index (χ1v) is 11.1. The van der Waals surface area contributed by atoms with Crippen LogP contribution in [0.3, 0.4) is 0 Å². The number of furan rings is 1. The molecule has 8 heteroatoms. The molecular formula is C27H27N3O5. The molecule has 0 bridgehead atoms. The minimum atomic E-state index is -0.503. The molecule has 2 amide bonds. The van der Waals surface area contributed by atoms with Crippen molar-refractivity contribution in [2.75, 3.05) is 20.8 Å². The van der Waals surface area contributed by atoms with Crippen LogP contribution in [0.15, 0.2) is 77.2 Å². The smallest absolute Gasteiger partial charge is 0.291 e. The van der Waals surface area contributed by atoms with Crippen LogP contribution in [0, 0.1) is 0 Å². The maximum absolute atomic E-state index is 13.1. The summed E-state index contributed by atoms with van der Waals surface area (Å²) >= 11 is 0. The van der Waals surface area contributed by atoms with Crippen molar-refractivity contribution in [2.45, 2.75) is 6.42 Å². The van der Waals surface area contributed by atoms with E-state index in [9.17, 15) is 9.59 Å². The number of aryl methyl sites for hydroxylation is 1. The minimum Gasteiger partial charge on any atom is -0.493 e. The Labute approximate surface area is 203 Å². The number of carbonyl (C=O) groups is 2. The largest absolute Gasteiger partial charge is 0.493 e. The van der Waals surface area contributed by atoms with Crippen LogP contribution in [-0.2, 0) is 18.3 Å². The molecule has 8 nitrogen and oxygen atoms in total. The molecule has 2 heterocycles. The number of benzene rings is 2. The van der Waals surface area contributed by atoms with Crippen LogP contribution in [0.25, 0.3) is 17.0 Å². The number of amides is 2. The van der Waals surface area contributed by atoms with Gasteiger partial charge in [0.2, 0.25) is 0 Å². The van der Waals surface area contributed by atoms with E-state index in [1.165, 1.54) is 6.26 Å². The predicted octanol–water partition coefficient (Wildman–Crippen LogP) is 3.92. The quantitative estimate of drug-likeness (QED) is 0.360. The zero-order valence-corrected chi connectivity index (χ0v) is 19.8. The highest BCUT2D eigenvalue weighted by Crippen LogP contribution is 2.27. The van der Waals surface area contributed by atoms with Gasteiger partial charge in [0.1, 0.15) is 5.70 Å². The molecule has 0 aliphatic carbocycles. The Balaban J connectivity index is 1.54. The fourth-order valence-corrected chi connectivity index (χ4v) is 3.85. The number of nitrogens with zero attached hydrogens (tertiary/aromatic N) is 1. The number of aromatic nitrogens is 1. The Morgan fingerprint density at radius 1 is 1.03 bits per heavy atom. The number of hydrogen-bond donors (Lipinski definition) is 2. The lowest BCUT2D eigenvalue weighted by Gasteiger charge is -2.12. The lowest BCUT2D eigenvalue weighted by molar-refractivity contribution is -0.117. The van der Waals surface area contributed by atoms with Gasteiger partial charge in [0, 0.05) is 36.3 Å². The lowest BCUT2D eigenvalue weighted by Crippen LogP contribution is -2.35. The number of carbonyl (C=O) groups excluding carboxylic acids is 2. The molecule has 0 saturated heterocycles. The van der Waals surface area contributed by atoms with Crippen LogP contribution >= 0.6 is 0 Å². The molecule has 2 N–H and O–H groups in total. The Morgan fingerprint density at radius 3 is 2.57 bits per heavy atom. The van der Waals surface area contributed by atoms with Gasteiger partial charge in [-0.15, -0.1) is 0 Å². The third-order valence-corrected chi connectivity index (χ3v) is 5.61. The highest BCUT2D eigenvalue weighted by molar-refractivity contribution is 6.05. The van der Waals surface area contributed by atoms with E-state index in [0.717, 1.165) is 22.0 Å². The third-order valence-electron chi connectivity index (χ3n) is 5.61. The van der Waals surface area contributed by atoms with E-state index in [-0.39, 0.29) is 11.5 Å². The Hall–Kier alpha value is -4.46. The number of fused-ring (bicyclic) bond motifs is 1. The molecule has 4 rings (SSSR count). The molecule has 0 atom stereocenters. The second-order valence-corrected chi connectivity index (χ2v) is 7.90. The molecule has 0 unspecified atom stereocenters. The first-order valence-electron chi connectivity index (χ1n) is 11.1. The topological polar surface area (TPSA) is 94.7 Å². The second-order valence-electron chi connectivity index (χ2n) is 7.90. The van der Waals surface area contributed by atoms with Gasteiger partial charge in [0.15, 0.2) is 17.3 Å². The normalized spacial score (nSPS) is 11.3. The van der Waals surface area contributed by atoms with Crippen molar-refractivity contribution in [2.24, 2.45) is 7.05 Å². The molecule has 0 radical (unpaired) electrons. The highest BCUT2D eigenvalue weighted by Gasteiger charge is 2.17. The van der Waals surface area contributed by atoms with Crippen molar-refractivity contribution >= 4 is 28.8 Å². The summed E-state index contributed by atoms with van der Waals surface area (Å²) in [5, 5.41) is 6.56. The molecular weight excluding hydrogens is 446 g/mol. The maximum atomic E-state index is 13.1. The predicted molar refractivity (Wildman–Crippen MR) is 133 cm³/mol. The second kappa shape index (κ2) is 10.6. The lowest BCUT2D eigenvalue weighted by atomic mass is 10.1. The molecule has 0 aliphatic rings. The van der Waals surface area contributed by atoms with Crippen molar-refractivity contribution in [3.63, 3.8) is 0 Å². The summed E-state index contributed by atoms with van der Waals surface area (Å²) in [7, 11) is 5.10. The van der Waals surface area contributed by atoms with Crippen molar-refractivity contribution in [1.29, 1.82) is 0 Å². The first kappa shape index (κ1) is 23.7. The summed E-state index contributed by atoms with van der Waals surface area (Å²) in [6.45, 7) is 0.359. The van der Waals surface area contributed by atoms with Crippen molar-refractivity contribution in [1.82, 2.24) is 15.2 Å². The molecule has 0 fully saturated rings. The zero-order valence-electron chi connectivity index (χ0n) is 19.8. The van der Waals surface area contributed by atoms with E-state index in [1.807, 2.05) is 60.3 Å². The van der Waals surface area contributed by atoms with Gasteiger partial charge in [-0.3, -0.25) is 9.59 Å². The summed E-state index contributed by atoms with van der Waals surface area (Å²) in [6.07, 6.45) is 5.57. The molecule has 2 aromatic carbocycles. The molecule has 35 heavy (non-hydrogen) atoms. The number of hydrogen-bond acceptors (Lipinski definition) is 5. The molecule has 0 spiro atoms. The minimum absolute atomic E-state index is 0.118. The average Bonchev–Trinajstić information content (AvgIpc) is 3.52. The van der Waals surface area contributed by atoms with E-state index in [2.05, 4.69) is 10.6 Å². The molecule has 180 valence electrons. The van der Waals surface area contributed by atoms with Crippen LogP contribution in [0.2, 0.25) is 0 Å². The number of ether oxygens (including phenoxy) is 2. The van der Waals surface area contributed by atoms with Crippen molar-refractivity contribution < 1.29 is 23.5 Å². The summed E-state index contributed by atoms with van der Waals surface area (Å²) < 4.78 is 17.8. The Kier molecular flexibility index (Phi) is 7.21. The van der Waals surface area contributed by atoms with Gasteiger partial charge in [-0.05, 0) is 48.4 Å². The number of rotatable bonds is 9. The molecule has 2 aromatic heterocycles. The summed E-state index contributed by atoms with van der Waals surface area (Å²) in [5.74, 6) is 0.474. The first-order chi connectivity index (χ1) is 17.0. The molecule has 4 aromatic rings. The van der Waals surface area contributed by atoms with Gasteiger partial charge in [-0.25, -0.2) is 0 Å². The van der Waals surface area contributed by atoms with Gasteiger partial charge < -0.3 is 29.1 Å². The summed E-state index contributed by atoms with van der Waals surface area (Å²) in [6, 6.07) is 16.6. The maximum Gasteiger partial charge on any atom is 0.291 e. The van der Waals surface area contributed by atoms with E-state index in [4.69, 9.17) is 13.9 Å². The highest BCUT2D eigenvalue weighted by atomic mass is 16.5. The van der Waals surface area contributed by atoms with Crippen LogP contribution in [0.4, 0.5) is 0 Å². The third kappa shape index (κ3) is 5.38. The van der Waals surface area contributed by atoms with Gasteiger partial charge in [0.25, 0.3) is 11.8 Å². The Morgan fingerprint density at radius 2 is 1.83 bits per heavy atom. The molecule has 0 saturated carbocycles. The van der Waals surface area contributed by atoms with E-state index < -0.39 is 11.8 Å². The Bertz CT molecular complexity index is 1370. The number of para-hydroxylation sites is 1. The van der Waals surface area contributed by atoms with Gasteiger partial charge in [-0.1, -0.05) is 24.3 Å². The van der Waals surface area contributed by atoms with E-state index in [0.29, 0.717) is 24.5 Å². The SMILES string of the molecule is COc1ccc(CCNC(=O)/C(=C/c2cn(C)c3ccccc23)NC(=O)c2ccco2)cc1OC. The van der Waals surface area contributed by atoms with E-state index >= 15 is 0 Å². The van der Waals surface area contributed by atoms with Crippen LogP contribution in [-0.4, -0.2) is 37.1 Å². The van der Waals surface area contributed by atoms with E-state index in [1.54, 1.807) is 32.4 Å². The standard InChI is InChI=1S/C27H27N3O5/c1-30-17-19(20-7-4-5-8-22(20)30)16-21(29-27(32)24-9-6-14-35-24)26(31)28-13-12-18-10-11-23(33-2)25(15-18)34-3/h4-11,14-17H,12-13H2,1-3H3,(H,28,31)(H,29,32)/b21-16-. The fraction of sp³-hybridized carbons (Fsp3) is 0.185. The number of methoxy groups -OCH3 is 2. The van der Waals surface area contributed by atoms with Gasteiger partial charge >= 0.3 is 0 Å². The van der Waals surface area contributed by atoms with Crippen molar-refractivity contribution in [3.05, 3.63) is 89.6 Å². The van der Waals surface area contributed by atoms with Crippen LogP contribution in [0.1, 0.15) is 21.7 Å². The zero-order chi connectivity index (χ0) is 24.8. The summed E-state index contributed by atoms with van der Waals surface area (Å²) in [4.78, 5) is 25.8. The van der Waals surface area contributed by atoms with Crippen LogP contribution < -0.4 is 20.1 Å². The van der Waals surface area contributed by atoms with Gasteiger partial charge in [0.05, 0.1) is 20.5 Å².